The number of halogens is 1. The van der Waals surface area contributed by atoms with Crippen LogP contribution in [-0.2, 0) is 13.1 Å². The van der Waals surface area contributed by atoms with Gasteiger partial charge in [0.15, 0.2) is 0 Å². The molecule has 2 nitrogen and oxygen atoms in total. The highest BCUT2D eigenvalue weighted by atomic mass is 79.9. The molecule has 1 aromatic carbocycles. The summed E-state index contributed by atoms with van der Waals surface area (Å²) in [6.45, 7) is 9.97. The number of nitrogens with zero attached hydrogens (tertiary/aromatic N) is 1. The summed E-state index contributed by atoms with van der Waals surface area (Å²) in [4.78, 5) is 2.61. The predicted molar refractivity (Wildman–Crippen MR) is 89.8 cm³/mol. The van der Waals surface area contributed by atoms with Gasteiger partial charge in [-0.25, -0.2) is 0 Å². The van der Waals surface area contributed by atoms with E-state index in [0.29, 0.717) is 6.04 Å². The molecule has 0 bridgehead atoms. The van der Waals surface area contributed by atoms with E-state index in [1.54, 1.807) is 0 Å². The molecule has 1 fully saturated rings. The smallest absolute Gasteiger partial charge is 0.0247 e. The van der Waals surface area contributed by atoms with Crippen LogP contribution in [0, 0.1) is 0 Å². The van der Waals surface area contributed by atoms with E-state index >= 15 is 0 Å². The number of rotatable bonds is 5. The lowest BCUT2D eigenvalue weighted by Crippen LogP contribution is -2.36. The molecule has 0 spiro atoms. The zero-order valence-electron chi connectivity index (χ0n) is 13.0. The molecule has 1 heterocycles. The van der Waals surface area contributed by atoms with Gasteiger partial charge in [0, 0.05) is 29.6 Å². The van der Waals surface area contributed by atoms with Crippen LogP contribution in [0.25, 0.3) is 0 Å². The monoisotopic (exact) mass is 338 g/mol. The SMILES string of the molecule is CC(C)NCc1ccc(CN2CCCCC2C)c(Br)c1. The maximum atomic E-state index is 3.75. The third-order valence-corrected chi connectivity index (χ3v) is 4.88. The first-order valence-corrected chi connectivity index (χ1v) is 8.60. The van der Waals surface area contributed by atoms with E-state index < -0.39 is 0 Å². The fourth-order valence-corrected chi connectivity index (χ4v) is 3.31. The van der Waals surface area contributed by atoms with Gasteiger partial charge in [0.05, 0.1) is 0 Å². The summed E-state index contributed by atoms with van der Waals surface area (Å²) in [5.41, 5.74) is 2.76. The van der Waals surface area contributed by atoms with Gasteiger partial charge in [-0.2, -0.15) is 0 Å². The van der Waals surface area contributed by atoms with Crippen molar-refractivity contribution in [1.29, 1.82) is 0 Å². The van der Waals surface area contributed by atoms with Crippen LogP contribution in [-0.4, -0.2) is 23.5 Å². The van der Waals surface area contributed by atoms with Gasteiger partial charge in [-0.3, -0.25) is 4.90 Å². The molecular formula is C17H27BrN2. The Morgan fingerprint density at radius 2 is 2.15 bits per heavy atom. The Labute approximate surface area is 132 Å². The maximum absolute atomic E-state index is 3.75. The van der Waals surface area contributed by atoms with Gasteiger partial charge in [0.25, 0.3) is 0 Å². The summed E-state index contributed by atoms with van der Waals surface area (Å²) < 4.78 is 1.25. The van der Waals surface area contributed by atoms with Gasteiger partial charge in [0.1, 0.15) is 0 Å². The van der Waals surface area contributed by atoms with Gasteiger partial charge >= 0.3 is 0 Å². The molecule has 0 aromatic heterocycles. The third kappa shape index (κ3) is 4.57. The topological polar surface area (TPSA) is 15.3 Å². The molecule has 2 rings (SSSR count). The van der Waals surface area contributed by atoms with Crippen LogP contribution in [0.1, 0.15) is 51.2 Å². The zero-order chi connectivity index (χ0) is 14.5. The Morgan fingerprint density at radius 1 is 1.35 bits per heavy atom. The molecule has 1 saturated heterocycles. The second-order valence-electron chi connectivity index (χ2n) is 6.28. The van der Waals surface area contributed by atoms with Crippen molar-refractivity contribution < 1.29 is 0 Å². The highest BCUT2D eigenvalue weighted by Crippen LogP contribution is 2.24. The summed E-state index contributed by atoms with van der Waals surface area (Å²) in [5, 5.41) is 3.47. The number of benzene rings is 1. The van der Waals surface area contributed by atoms with Crippen molar-refractivity contribution in [3.8, 4) is 0 Å². The Kier molecular flexibility index (Phi) is 6.06. The Morgan fingerprint density at radius 3 is 2.80 bits per heavy atom. The van der Waals surface area contributed by atoms with E-state index in [2.05, 4.69) is 65.1 Å². The molecule has 0 saturated carbocycles. The van der Waals surface area contributed by atoms with Gasteiger partial charge in [-0.05, 0) is 43.5 Å². The molecule has 0 radical (unpaired) electrons. The highest BCUT2D eigenvalue weighted by Gasteiger charge is 2.18. The van der Waals surface area contributed by atoms with Gasteiger partial charge < -0.3 is 5.32 Å². The average molecular weight is 339 g/mol. The maximum Gasteiger partial charge on any atom is 0.0247 e. The molecule has 1 N–H and O–H groups in total. The van der Waals surface area contributed by atoms with Crippen LogP contribution in [0.3, 0.4) is 0 Å². The van der Waals surface area contributed by atoms with Crippen molar-refractivity contribution in [2.75, 3.05) is 6.54 Å². The van der Waals surface area contributed by atoms with Crippen molar-refractivity contribution >= 4 is 15.9 Å². The van der Waals surface area contributed by atoms with E-state index in [-0.39, 0.29) is 0 Å². The minimum Gasteiger partial charge on any atom is -0.310 e. The van der Waals surface area contributed by atoms with Crippen LogP contribution < -0.4 is 5.32 Å². The molecule has 1 atom stereocenters. The van der Waals surface area contributed by atoms with Crippen LogP contribution in [0.2, 0.25) is 0 Å². The molecule has 20 heavy (non-hydrogen) atoms. The summed E-state index contributed by atoms with van der Waals surface area (Å²) in [6.07, 6.45) is 4.07. The van der Waals surface area contributed by atoms with Crippen LogP contribution in [0.5, 0.6) is 0 Å². The van der Waals surface area contributed by atoms with Crippen molar-refractivity contribution in [3.05, 3.63) is 33.8 Å². The standard InChI is InChI=1S/C17H27BrN2/c1-13(2)19-11-15-7-8-16(17(18)10-15)12-20-9-5-4-6-14(20)3/h7-8,10,13-14,19H,4-6,9,11-12H2,1-3H3. The molecule has 0 aliphatic carbocycles. The number of nitrogens with one attached hydrogen (secondary N) is 1. The van der Waals surface area contributed by atoms with Crippen molar-refractivity contribution in [1.82, 2.24) is 10.2 Å². The van der Waals surface area contributed by atoms with Crippen molar-refractivity contribution in [3.63, 3.8) is 0 Å². The quantitative estimate of drug-likeness (QED) is 0.859. The van der Waals surface area contributed by atoms with Crippen LogP contribution in [0.15, 0.2) is 22.7 Å². The van der Waals surface area contributed by atoms with Crippen LogP contribution in [0.4, 0.5) is 0 Å². The molecular weight excluding hydrogens is 312 g/mol. The Hall–Kier alpha value is -0.380. The molecule has 1 aliphatic heterocycles. The Bertz CT molecular complexity index is 431. The fraction of sp³-hybridized carbons (Fsp3) is 0.647. The second kappa shape index (κ2) is 7.58. The third-order valence-electron chi connectivity index (χ3n) is 4.15. The van der Waals surface area contributed by atoms with E-state index in [4.69, 9.17) is 0 Å². The molecule has 3 heteroatoms. The van der Waals surface area contributed by atoms with E-state index in [1.165, 1.54) is 41.4 Å². The van der Waals surface area contributed by atoms with Gasteiger partial charge in [-0.1, -0.05) is 48.3 Å². The summed E-state index contributed by atoms with van der Waals surface area (Å²) >= 11 is 3.75. The first-order valence-electron chi connectivity index (χ1n) is 7.81. The minimum atomic E-state index is 0.530. The molecule has 1 aliphatic rings. The molecule has 112 valence electrons. The van der Waals surface area contributed by atoms with Crippen molar-refractivity contribution in [2.45, 2.75) is 65.2 Å². The molecule has 0 amide bonds. The Balaban J connectivity index is 1.98. The summed E-state index contributed by atoms with van der Waals surface area (Å²) in [6, 6.07) is 8.05. The predicted octanol–water partition coefficient (Wildman–Crippen LogP) is 4.32. The normalized spacial score (nSPS) is 20.6. The summed E-state index contributed by atoms with van der Waals surface area (Å²) in [5.74, 6) is 0. The second-order valence-corrected chi connectivity index (χ2v) is 7.13. The van der Waals surface area contributed by atoms with Gasteiger partial charge in [-0.15, -0.1) is 0 Å². The average Bonchev–Trinajstić information content (AvgIpc) is 2.41. The van der Waals surface area contributed by atoms with E-state index in [9.17, 15) is 0 Å². The largest absolute Gasteiger partial charge is 0.310 e. The van der Waals surface area contributed by atoms with E-state index in [1.807, 2.05) is 0 Å². The minimum absolute atomic E-state index is 0.530. The first kappa shape index (κ1) is 16.0. The lowest BCUT2D eigenvalue weighted by Gasteiger charge is -2.33. The lowest BCUT2D eigenvalue weighted by atomic mass is 10.0. The lowest BCUT2D eigenvalue weighted by molar-refractivity contribution is 0.152. The number of likely N-dealkylation sites (tertiary alicyclic amines) is 1. The van der Waals surface area contributed by atoms with Gasteiger partial charge in [0.2, 0.25) is 0 Å². The first-order chi connectivity index (χ1) is 9.56. The van der Waals surface area contributed by atoms with E-state index in [0.717, 1.165) is 19.1 Å². The number of hydrogen-bond donors (Lipinski definition) is 1. The highest BCUT2D eigenvalue weighted by molar-refractivity contribution is 9.10. The van der Waals surface area contributed by atoms with Crippen LogP contribution >= 0.6 is 15.9 Å². The molecule has 1 unspecified atom stereocenters. The number of hydrogen-bond acceptors (Lipinski definition) is 2. The summed E-state index contributed by atoms with van der Waals surface area (Å²) in [7, 11) is 0. The van der Waals surface area contributed by atoms with Crippen molar-refractivity contribution in [2.24, 2.45) is 0 Å². The zero-order valence-corrected chi connectivity index (χ0v) is 14.5. The fourth-order valence-electron chi connectivity index (χ4n) is 2.76. The molecule has 1 aromatic rings. The number of piperidine rings is 1.